The first-order valence-electron chi connectivity index (χ1n) is 9.21. The Hall–Kier alpha value is -2.58. The summed E-state index contributed by atoms with van der Waals surface area (Å²) in [5.74, 6) is -0.0367. The fourth-order valence-corrected chi connectivity index (χ4v) is 4.08. The minimum absolute atomic E-state index is 0.0367. The van der Waals surface area contributed by atoms with Crippen molar-refractivity contribution < 1.29 is 13.2 Å². The Morgan fingerprint density at radius 2 is 1.61 bits per heavy atom. The quantitative estimate of drug-likeness (QED) is 0.800. The number of para-hydroxylation sites is 3. The van der Waals surface area contributed by atoms with Crippen LogP contribution >= 0.6 is 0 Å². The second-order valence-corrected chi connectivity index (χ2v) is 8.79. The lowest BCUT2D eigenvalue weighted by Crippen LogP contribution is -2.51. The van der Waals surface area contributed by atoms with E-state index in [1.165, 1.54) is 10.6 Å². The van der Waals surface area contributed by atoms with Crippen LogP contribution in [-0.2, 0) is 14.8 Å². The summed E-state index contributed by atoms with van der Waals surface area (Å²) in [6, 6.07) is 17.9. The van der Waals surface area contributed by atoms with E-state index in [2.05, 4.69) is 10.2 Å². The number of sulfonamides is 1. The lowest BCUT2D eigenvalue weighted by molar-refractivity contribution is -0.130. The first-order chi connectivity index (χ1) is 13.4. The zero-order valence-corrected chi connectivity index (χ0v) is 17.0. The highest BCUT2D eigenvalue weighted by Gasteiger charge is 2.25. The topological polar surface area (TPSA) is 73.0 Å². The molecule has 28 heavy (non-hydrogen) atoms. The third kappa shape index (κ3) is 4.82. The molecule has 0 spiro atoms. The summed E-state index contributed by atoms with van der Waals surface area (Å²) in [6.07, 6.45) is 1.20. The number of hydrogen-bond acceptors (Lipinski definition) is 5. The maximum absolute atomic E-state index is 12.6. The largest absolute Gasteiger partial charge is 0.374 e. The lowest BCUT2D eigenvalue weighted by atomic mass is 10.2. The van der Waals surface area contributed by atoms with Crippen molar-refractivity contribution in [3.63, 3.8) is 0 Å². The molecule has 0 saturated carbocycles. The summed E-state index contributed by atoms with van der Waals surface area (Å²) in [5.41, 5.74) is 2.90. The van der Waals surface area contributed by atoms with Crippen LogP contribution in [0.15, 0.2) is 54.6 Å². The van der Waals surface area contributed by atoms with E-state index in [4.69, 9.17) is 0 Å². The summed E-state index contributed by atoms with van der Waals surface area (Å²) in [4.78, 5) is 16.3. The van der Waals surface area contributed by atoms with E-state index in [0.717, 1.165) is 17.1 Å². The molecule has 1 aliphatic heterocycles. The number of anilines is 3. The molecule has 1 heterocycles. The number of piperazine rings is 1. The second-order valence-electron chi connectivity index (χ2n) is 6.81. The van der Waals surface area contributed by atoms with Crippen LogP contribution in [0.1, 0.15) is 0 Å². The number of hydrogen-bond donors (Lipinski definition) is 1. The van der Waals surface area contributed by atoms with Crippen molar-refractivity contribution in [1.82, 2.24) is 9.21 Å². The van der Waals surface area contributed by atoms with Crippen molar-refractivity contribution in [1.29, 1.82) is 0 Å². The van der Waals surface area contributed by atoms with Crippen LogP contribution in [-0.4, -0.2) is 69.6 Å². The van der Waals surface area contributed by atoms with Gasteiger partial charge in [-0.15, -0.1) is 0 Å². The first-order valence-corrected chi connectivity index (χ1v) is 11.1. The van der Waals surface area contributed by atoms with Gasteiger partial charge in [0.15, 0.2) is 0 Å². The van der Waals surface area contributed by atoms with Gasteiger partial charge in [0, 0.05) is 38.9 Å². The van der Waals surface area contributed by atoms with E-state index >= 15 is 0 Å². The van der Waals surface area contributed by atoms with Crippen molar-refractivity contribution >= 4 is 33.0 Å². The van der Waals surface area contributed by atoms with Gasteiger partial charge >= 0.3 is 0 Å². The van der Waals surface area contributed by atoms with Gasteiger partial charge in [-0.1, -0.05) is 30.3 Å². The zero-order chi connectivity index (χ0) is 20.1. The Bertz CT molecular complexity index is 910. The van der Waals surface area contributed by atoms with Gasteiger partial charge in [0.25, 0.3) is 0 Å². The minimum atomic E-state index is -3.20. The summed E-state index contributed by atoms with van der Waals surface area (Å²) >= 11 is 0. The smallest absolute Gasteiger partial charge is 0.241 e. The monoisotopic (exact) mass is 402 g/mol. The van der Waals surface area contributed by atoms with E-state index in [9.17, 15) is 13.2 Å². The SMILES string of the molecule is CN(c1ccccc1)c1ccccc1NCC(=O)N1CCN(S(C)(=O)=O)CC1. The molecule has 0 aliphatic carbocycles. The van der Waals surface area contributed by atoms with Crippen molar-refractivity contribution in [3.05, 3.63) is 54.6 Å². The molecule has 1 fully saturated rings. The van der Waals surface area contributed by atoms with Crippen LogP contribution < -0.4 is 10.2 Å². The van der Waals surface area contributed by atoms with Crippen LogP contribution in [0, 0.1) is 0 Å². The van der Waals surface area contributed by atoms with Crippen LogP contribution in [0.3, 0.4) is 0 Å². The van der Waals surface area contributed by atoms with Crippen LogP contribution in [0.2, 0.25) is 0 Å². The Labute approximate surface area is 166 Å². The molecule has 1 aliphatic rings. The molecule has 0 radical (unpaired) electrons. The van der Waals surface area contributed by atoms with Gasteiger partial charge in [-0.2, -0.15) is 4.31 Å². The molecule has 0 atom stereocenters. The molecular weight excluding hydrogens is 376 g/mol. The number of amides is 1. The number of carbonyl (C=O) groups excluding carboxylic acids is 1. The molecule has 2 aromatic rings. The Morgan fingerprint density at radius 1 is 1.00 bits per heavy atom. The van der Waals surface area contributed by atoms with Gasteiger partial charge in [-0.25, -0.2) is 8.42 Å². The van der Waals surface area contributed by atoms with Gasteiger partial charge in [0.2, 0.25) is 15.9 Å². The van der Waals surface area contributed by atoms with Crippen molar-refractivity contribution in [2.75, 3.05) is 56.2 Å². The fourth-order valence-electron chi connectivity index (χ4n) is 3.26. The summed E-state index contributed by atoms with van der Waals surface area (Å²) in [6.45, 7) is 1.69. The standard InChI is InChI=1S/C20H26N4O3S/c1-22(17-8-4-3-5-9-17)19-11-7-6-10-18(19)21-16-20(25)23-12-14-24(15-13-23)28(2,26)27/h3-11,21H,12-16H2,1-2H3. The number of rotatable bonds is 6. The van der Waals surface area contributed by atoms with Crippen molar-refractivity contribution in [2.45, 2.75) is 0 Å². The average molecular weight is 403 g/mol. The molecule has 1 amide bonds. The van der Waals surface area contributed by atoms with Crippen LogP contribution in [0.25, 0.3) is 0 Å². The van der Waals surface area contributed by atoms with Crippen molar-refractivity contribution in [2.24, 2.45) is 0 Å². The molecule has 150 valence electrons. The van der Waals surface area contributed by atoms with E-state index in [1.807, 2.05) is 61.6 Å². The maximum atomic E-state index is 12.6. The third-order valence-corrected chi connectivity index (χ3v) is 6.20. The molecule has 7 nitrogen and oxygen atoms in total. The molecule has 1 saturated heterocycles. The fraction of sp³-hybridized carbons (Fsp3) is 0.350. The second kappa shape index (κ2) is 8.62. The molecule has 0 bridgehead atoms. The minimum Gasteiger partial charge on any atom is -0.374 e. The highest BCUT2D eigenvalue weighted by Crippen LogP contribution is 2.30. The summed E-state index contributed by atoms with van der Waals surface area (Å²) in [5, 5.41) is 3.24. The first kappa shape index (κ1) is 20.2. The van der Waals surface area contributed by atoms with E-state index in [0.29, 0.717) is 26.2 Å². The Morgan fingerprint density at radius 3 is 2.25 bits per heavy atom. The number of carbonyl (C=O) groups is 1. The van der Waals surface area contributed by atoms with Gasteiger partial charge in [-0.3, -0.25) is 4.79 Å². The Kier molecular flexibility index (Phi) is 6.21. The van der Waals surface area contributed by atoms with E-state index in [1.54, 1.807) is 4.90 Å². The molecular formula is C20H26N4O3S. The predicted molar refractivity (Wildman–Crippen MR) is 112 cm³/mol. The average Bonchev–Trinajstić information content (AvgIpc) is 2.72. The summed E-state index contributed by atoms with van der Waals surface area (Å²) < 4.78 is 24.6. The van der Waals surface area contributed by atoms with Crippen molar-refractivity contribution in [3.8, 4) is 0 Å². The number of benzene rings is 2. The summed E-state index contributed by atoms with van der Waals surface area (Å²) in [7, 11) is -1.21. The predicted octanol–water partition coefficient (Wildman–Crippen LogP) is 1.97. The molecule has 2 aromatic carbocycles. The zero-order valence-electron chi connectivity index (χ0n) is 16.2. The van der Waals surface area contributed by atoms with Gasteiger partial charge < -0.3 is 15.1 Å². The third-order valence-electron chi connectivity index (χ3n) is 4.90. The molecule has 3 rings (SSSR count). The normalized spacial score (nSPS) is 15.3. The van der Waals surface area contributed by atoms with Gasteiger partial charge in [0.1, 0.15) is 0 Å². The molecule has 1 N–H and O–H groups in total. The molecule has 8 heteroatoms. The number of nitrogens with one attached hydrogen (secondary N) is 1. The maximum Gasteiger partial charge on any atom is 0.241 e. The molecule has 0 aromatic heterocycles. The number of nitrogens with zero attached hydrogens (tertiary/aromatic N) is 3. The van der Waals surface area contributed by atoms with E-state index < -0.39 is 10.0 Å². The highest BCUT2D eigenvalue weighted by molar-refractivity contribution is 7.88. The van der Waals surface area contributed by atoms with Gasteiger partial charge in [0.05, 0.1) is 24.2 Å². The van der Waals surface area contributed by atoms with Crippen LogP contribution in [0.4, 0.5) is 17.1 Å². The van der Waals surface area contributed by atoms with Gasteiger partial charge in [-0.05, 0) is 24.3 Å². The van der Waals surface area contributed by atoms with Crippen LogP contribution in [0.5, 0.6) is 0 Å². The highest BCUT2D eigenvalue weighted by atomic mass is 32.2. The Balaban J connectivity index is 1.62. The van der Waals surface area contributed by atoms with E-state index in [-0.39, 0.29) is 12.5 Å². The molecule has 0 unspecified atom stereocenters. The lowest BCUT2D eigenvalue weighted by Gasteiger charge is -2.33.